The van der Waals surface area contributed by atoms with Gasteiger partial charge in [0.2, 0.25) is 0 Å². The van der Waals surface area contributed by atoms with Crippen LogP contribution >= 0.6 is 0 Å². The topological polar surface area (TPSA) is 76.0 Å². The molecule has 0 saturated carbocycles. The van der Waals surface area contributed by atoms with E-state index in [1.54, 1.807) is 24.3 Å². The highest BCUT2D eigenvalue weighted by molar-refractivity contribution is 5.86. The normalized spacial score (nSPS) is 16.9. The number of hydrogen-bond acceptors (Lipinski definition) is 4. The van der Waals surface area contributed by atoms with Gasteiger partial charge < -0.3 is 19.7 Å². The Bertz CT molecular complexity index is 612. The third-order valence-electron chi connectivity index (χ3n) is 3.59. The lowest BCUT2D eigenvalue weighted by Crippen LogP contribution is -2.28. The van der Waals surface area contributed by atoms with Gasteiger partial charge in [0.15, 0.2) is 17.3 Å². The van der Waals surface area contributed by atoms with Gasteiger partial charge in [0.25, 0.3) is 5.76 Å². The maximum atomic E-state index is 11.4. The van der Waals surface area contributed by atoms with Gasteiger partial charge in [-0.3, -0.25) is 0 Å². The molecular weight excluding hydrogens is 296 g/mol. The van der Waals surface area contributed by atoms with E-state index in [1.807, 2.05) is 6.92 Å². The number of carboxylic acid groups (broad SMARTS) is 1. The summed E-state index contributed by atoms with van der Waals surface area (Å²) in [6, 6.07) is 6.80. The molecule has 0 bridgehead atoms. The molecule has 0 aromatic heterocycles. The Morgan fingerprint density at radius 1 is 1.17 bits per heavy atom. The highest BCUT2D eigenvalue weighted by atomic mass is 16.6. The summed E-state index contributed by atoms with van der Waals surface area (Å²) in [4.78, 5) is 11.4. The van der Waals surface area contributed by atoms with Crippen molar-refractivity contribution < 1.29 is 24.5 Å². The second-order valence-corrected chi connectivity index (χ2v) is 7.27. The highest BCUT2D eigenvalue weighted by Crippen LogP contribution is 2.37. The lowest BCUT2D eigenvalue weighted by molar-refractivity contribution is -0.135. The van der Waals surface area contributed by atoms with Crippen LogP contribution in [0, 0.1) is 11.3 Å². The van der Waals surface area contributed by atoms with Gasteiger partial charge >= 0.3 is 5.97 Å². The van der Waals surface area contributed by atoms with Gasteiger partial charge in [-0.05, 0) is 36.3 Å². The number of para-hydroxylation sites is 2. The quantitative estimate of drug-likeness (QED) is 0.867. The molecule has 1 aromatic rings. The molecule has 1 aliphatic heterocycles. The van der Waals surface area contributed by atoms with Gasteiger partial charge in [0.05, 0.1) is 0 Å². The predicted octanol–water partition coefficient (Wildman–Crippen LogP) is 3.58. The number of aliphatic carboxylic acids is 1. The van der Waals surface area contributed by atoms with E-state index in [0.29, 0.717) is 17.9 Å². The molecule has 0 radical (unpaired) electrons. The first-order valence-electron chi connectivity index (χ1n) is 7.77. The maximum Gasteiger partial charge on any atom is 0.375 e. The van der Waals surface area contributed by atoms with Crippen molar-refractivity contribution in [1.29, 1.82) is 0 Å². The number of hydrogen-bond donors (Lipinski definition) is 2. The van der Waals surface area contributed by atoms with E-state index in [4.69, 9.17) is 9.47 Å². The van der Waals surface area contributed by atoms with E-state index in [1.165, 1.54) is 0 Å². The molecule has 5 nitrogen and oxygen atoms in total. The standard InChI is InChI=1S/C18H24O5/c1-11(10-18(2,3)4)9-12(19)15-16(17(20)21)23-14-8-6-5-7-13(14)22-15/h5-8,11-12,19H,9-10H2,1-4H3,(H,20,21). The lowest BCUT2D eigenvalue weighted by atomic mass is 9.83. The van der Waals surface area contributed by atoms with Crippen LogP contribution in [-0.4, -0.2) is 22.3 Å². The zero-order valence-electron chi connectivity index (χ0n) is 14.0. The minimum atomic E-state index is -1.25. The Balaban J connectivity index is 2.19. The van der Waals surface area contributed by atoms with E-state index < -0.39 is 12.1 Å². The maximum absolute atomic E-state index is 11.4. The van der Waals surface area contributed by atoms with E-state index >= 15 is 0 Å². The highest BCUT2D eigenvalue weighted by Gasteiger charge is 2.32. The monoisotopic (exact) mass is 320 g/mol. The first kappa shape index (κ1) is 17.3. The number of ether oxygens (including phenoxy) is 2. The number of rotatable bonds is 5. The number of fused-ring (bicyclic) bond motifs is 1. The van der Waals surface area contributed by atoms with Gasteiger partial charge in [-0.1, -0.05) is 39.8 Å². The van der Waals surface area contributed by atoms with Crippen LogP contribution in [0.1, 0.15) is 40.5 Å². The van der Waals surface area contributed by atoms with E-state index in [0.717, 1.165) is 6.42 Å². The molecule has 126 valence electrons. The van der Waals surface area contributed by atoms with Crippen molar-refractivity contribution in [2.45, 2.75) is 46.6 Å². The molecular formula is C18H24O5. The van der Waals surface area contributed by atoms with Crippen molar-refractivity contribution >= 4 is 5.97 Å². The zero-order valence-corrected chi connectivity index (χ0v) is 14.0. The van der Waals surface area contributed by atoms with Gasteiger partial charge in [0.1, 0.15) is 6.10 Å². The molecule has 0 saturated heterocycles. The van der Waals surface area contributed by atoms with Crippen molar-refractivity contribution in [3.05, 3.63) is 35.8 Å². The molecule has 2 rings (SSSR count). The summed E-state index contributed by atoms with van der Waals surface area (Å²) < 4.78 is 11.0. The van der Waals surface area contributed by atoms with E-state index in [-0.39, 0.29) is 22.9 Å². The largest absolute Gasteiger partial charge is 0.475 e. The van der Waals surface area contributed by atoms with Crippen molar-refractivity contribution in [3.63, 3.8) is 0 Å². The SMILES string of the molecule is CC(CC(O)C1=C(C(=O)O)Oc2ccccc2O1)CC(C)(C)C. The van der Waals surface area contributed by atoms with Crippen LogP contribution < -0.4 is 9.47 Å². The smallest absolute Gasteiger partial charge is 0.375 e. The summed E-state index contributed by atoms with van der Waals surface area (Å²) in [6.45, 7) is 8.43. The summed E-state index contributed by atoms with van der Waals surface area (Å²) in [6.07, 6.45) is 0.304. The Morgan fingerprint density at radius 3 is 2.26 bits per heavy atom. The summed E-state index contributed by atoms with van der Waals surface area (Å²) in [5.41, 5.74) is 0.139. The number of carbonyl (C=O) groups is 1. The summed E-state index contributed by atoms with van der Waals surface area (Å²) in [5, 5.41) is 19.8. The number of aliphatic hydroxyl groups excluding tert-OH is 1. The fourth-order valence-electron chi connectivity index (χ4n) is 2.93. The number of benzene rings is 1. The van der Waals surface area contributed by atoms with Gasteiger partial charge in [-0.25, -0.2) is 4.79 Å². The minimum Gasteiger partial charge on any atom is -0.475 e. The molecule has 2 atom stereocenters. The molecule has 23 heavy (non-hydrogen) atoms. The first-order chi connectivity index (χ1) is 10.7. The van der Waals surface area contributed by atoms with Crippen LogP contribution in [0.5, 0.6) is 11.5 Å². The Morgan fingerprint density at radius 2 is 1.74 bits per heavy atom. The average molecular weight is 320 g/mol. The van der Waals surface area contributed by atoms with Crippen molar-refractivity contribution in [2.75, 3.05) is 0 Å². The molecule has 0 aliphatic carbocycles. The fourth-order valence-corrected chi connectivity index (χ4v) is 2.93. The van der Waals surface area contributed by atoms with Crippen molar-refractivity contribution in [1.82, 2.24) is 0 Å². The molecule has 1 aromatic carbocycles. The van der Waals surface area contributed by atoms with Crippen LogP contribution in [0.25, 0.3) is 0 Å². The minimum absolute atomic E-state index is 0.0306. The van der Waals surface area contributed by atoms with E-state index in [2.05, 4.69) is 20.8 Å². The number of aliphatic hydroxyl groups is 1. The zero-order chi connectivity index (χ0) is 17.2. The fraction of sp³-hybridized carbons (Fsp3) is 0.500. The molecule has 2 N–H and O–H groups in total. The molecule has 0 spiro atoms. The molecule has 5 heteroatoms. The predicted molar refractivity (Wildman–Crippen MR) is 86.2 cm³/mol. The van der Waals surface area contributed by atoms with Crippen LogP contribution in [0.4, 0.5) is 0 Å². The van der Waals surface area contributed by atoms with Crippen LogP contribution in [0.3, 0.4) is 0 Å². The molecule has 0 amide bonds. The second kappa shape index (κ2) is 6.62. The lowest BCUT2D eigenvalue weighted by Gasteiger charge is -2.28. The van der Waals surface area contributed by atoms with Crippen molar-refractivity contribution in [3.8, 4) is 11.5 Å². The Hall–Kier alpha value is -2.01. The van der Waals surface area contributed by atoms with E-state index in [9.17, 15) is 15.0 Å². The number of carboxylic acids is 1. The molecule has 2 unspecified atom stereocenters. The third kappa shape index (κ3) is 4.48. The summed E-state index contributed by atoms with van der Waals surface area (Å²) >= 11 is 0. The Kier molecular flexibility index (Phi) is 5.00. The Labute approximate surface area is 136 Å². The van der Waals surface area contributed by atoms with Crippen LogP contribution in [-0.2, 0) is 4.79 Å². The summed E-state index contributed by atoms with van der Waals surface area (Å²) in [5.74, 6) is -0.667. The first-order valence-corrected chi connectivity index (χ1v) is 7.77. The van der Waals surface area contributed by atoms with Gasteiger partial charge in [-0.15, -0.1) is 0 Å². The van der Waals surface area contributed by atoms with Crippen LogP contribution in [0.2, 0.25) is 0 Å². The molecule has 1 aliphatic rings. The van der Waals surface area contributed by atoms with Gasteiger partial charge in [0, 0.05) is 0 Å². The van der Waals surface area contributed by atoms with Gasteiger partial charge in [-0.2, -0.15) is 0 Å². The summed E-state index contributed by atoms with van der Waals surface area (Å²) in [7, 11) is 0. The van der Waals surface area contributed by atoms with Crippen LogP contribution in [0.15, 0.2) is 35.8 Å². The molecule has 1 heterocycles. The van der Waals surface area contributed by atoms with Crippen molar-refractivity contribution in [2.24, 2.45) is 11.3 Å². The second-order valence-electron chi connectivity index (χ2n) is 7.27. The average Bonchev–Trinajstić information content (AvgIpc) is 2.43. The third-order valence-corrected chi connectivity index (χ3v) is 3.59. The molecule has 0 fully saturated rings.